The quantitative estimate of drug-likeness (QED) is 0.431. The van der Waals surface area contributed by atoms with Crippen LogP contribution in [0.3, 0.4) is 0 Å². The molecule has 1 saturated heterocycles. The van der Waals surface area contributed by atoms with Gasteiger partial charge in [0.25, 0.3) is 17.7 Å². The zero-order valence-corrected chi connectivity index (χ0v) is 22.4. The number of nitrogens with zero attached hydrogens (tertiary/aromatic N) is 3. The minimum absolute atomic E-state index is 0.211. The Bertz CT molecular complexity index is 1310. The zero-order chi connectivity index (χ0) is 28.1. The number of halogens is 1. The summed E-state index contributed by atoms with van der Waals surface area (Å²) < 4.78 is 0. The van der Waals surface area contributed by atoms with Crippen LogP contribution in [0.4, 0.5) is 0 Å². The average molecular weight is 549 g/mol. The maximum Gasteiger partial charge on any atom is 0.305 e. The van der Waals surface area contributed by atoms with Crippen molar-refractivity contribution in [1.29, 1.82) is 0 Å². The summed E-state index contributed by atoms with van der Waals surface area (Å²) in [6, 6.07) is 16.2. The summed E-state index contributed by atoms with van der Waals surface area (Å²) in [5.74, 6) is -2.66. The van der Waals surface area contributed by atoms with E-state index in [9.17, 15) is 24.3 Å². The number of aryl methyl sites for hydroxylation is 2. The Balaban J connectivity index is 1.71. The molecule has 1 aliphatic rings. The number of nitrogens with one attached hydrogen (secondary N) is 1. The summed E-state index contributed by atoms with van der Waals surface area (Å²) in [5, 5.41) is 12.6. The highest BCUT2D eigenvalue weighted by Gasteiger charge is 2.41. The van der Waals surface area contributed by atoms with Crippen molar-refractivity contribution >= 4 is 35.3 Å². The second-order valence-corrected chi connectivity index (χ2v) is 9.92. The average Bonchev–Trinajstić information content (AvgIpc) is 2.92. The van der Waals surface area contributed by atoms with E-state index >= 15 is 0 Å². The number of hydrogen-bond donors (Lipinski definition) is 2. The van der Waals surface area contributed by atoms with Crippen LogP contribution in [-0.2, 0) is 9.59 Å². The second-order valence-electron chi connectivity index (χ2n) is 9.53. The van der Waals surface area contributed by atoms with Crippen LogP contribution in [0, 0.1) is 13.8 Å². The normalized spacial score (nSPS) is 15.9. The molecule has 2 heterocycles. The number of rotatable bonds is 7. The van der Waals surface area contributed by atoms with Gasteiger partial charge in [0.05, 0.1) is 18.0 Å². The minimum atomic E-state index is -1.31. The van der Waals surface area contributed by atoms with Crippen LogP contribution in [-0.4, -0.2) is 62.8 Å². The molecule has 1 fully saturated rings. The van der Waals surface area contributed by atoms with Crippen molar-refractivity contribution in [2.24, 2.45) is 0 Å². The van der Waals surface area contributed by atoms with Crippen LogP contribution < -0.4 is 5.32 Å². The van der Waals surface area contributed by atoms with E-state index < -0.39 is 35.9 Å². The van der Waals surface area contributed by atoms with Gasteiger partial charge in [0.2, 0.25) is 0 Å². The summed E-state index contributed by atoms with van der Waals surface area (Å²) in [5.41, 5.74) is 3.07. The third-order valence-electron chi connectivity index (χ3n) is 6.56. The first kappa shape index (κ1) is 27.8. The molecule has 4 rings (SSSR count). The van der Waals surface area contributed by atoms with Crippen LogP contribution in [0.25, 0.3) is 0 Å². The monoisotopic (exact) mass is 548 g/mol. The van der Waals surface area contributed by atoms with Crippen molar-refractivity contribution in [3.8, 4) is 0 Å². The lowest BCUT2D eigenvalue weighted by Gasteiger charge is -2.43. The molecule has 0 bridgehead atoms. The fraction of sp³-hybridized carbons (Fsp3) is 0.276. The molecule has 1 aromatic heterocycles. The fourth-order valence-corrected chi connectivity index (χ4v) is 4.73. The van der Waals surface area contributed by atoms with Gasteiger partial charge >= 0.3 is 5.97 Å². The van der Waals surface area contributed by atoms with E-state index in [1.54, 1.807) is 42.5 Å². The Hall–Kier alpha value is -4.24. The number of carboxylic acids is 1. The number of carboxylic acid groups (broad SMARTS) is 1. The lowest BCUT2D eigenvalue weighted by atomic mass is 10.0. The standard InChI is InChI=1S/C29H29ClN4O5/c1-18-7-9-20(10-8-18)28(38)33-13-4-14-34(29(39)22-11-12-24(30)31-17-22)27(33)26(37)32-23(16-25(35)36)21-6-3-5-19(2)15-21/h3,5-12,15,17,23,27H,4,13-14,16H2,1-2H3,(H,32,37)(H,35,36). The zero-order valence-electron chi connectivity index (χ0n) is 21.6. The van der Waals surface area contributed by atoms with Gasteiger partial charge in [-0.05, 0) is 50.1 Å². The van der Waals surface area contributed by atoms with Crippen LogP contribution in [0.1, 0.15) is 56.3 Å². The molecular weight excluding hydrogens is 520 g/mol. The van der Waals surface area contributed by atoms with Gasteiger partial charge in [-0.15, -0.1) is 0 Å². The number of carbonyl (C=O) groups is 4. The lowest BCUT2D eigenvalue weighted by Crippen LogP contribution is -2.63. The lowest BCUT2D eigenvalue weighted by molar-refractivity contribution is -0.138. The number of aromatic nitrogens is 1. The third kappa shape index (κ3) is 6.61. The van der Waals surface area contributed by atoms with Crippen molar-refractivity contribution in [1.82, 2.24) is 20.1 Å². The molecule has 2 atom stereocenters. The van der Waals surface area contributed by atoms with E-state index in [0.29, 0.717) is 17.5 Å². The van der Waals surface area contributed by atoms with Crippen molar-refractivity contribution in [2.75, 3.05) is 13.1 Å². The minimum Gasteiger partial charge on any atom is -0.481 e. The van der Waals surface area contributed by atoms with Gasteiger partial charge in [0.15, 0.2) is 6.17 Å². The molecular formula is C29H29ClN4O5. The van der Waals surface area contributed by atoms with E-state index in [2.05, 4.69) is 10.3 Å². The van der Waals surface area contributed by atoms with E-state index in [1.165, 1.54) is 28.1 Å². The molecule has 39 heavy (non-hydrogen) atoms. The Morgan fingerprint density at radius 1 is 0.949 bits per heavy atom. The number of aliphatic carboxylic acids is 1. The first-order chi connectivity index (χ1) is 18.6. The van der Waals surface area contributed by atoms with Crippen LogP contribution in [0.5, 0.6) is 0 Å². The van der Waals surface area contributed by atoms with E-state index in [-0.39, 0.29) is 30.2 Å². The molecule has 10 heteroatoms. The topological polar surface area (TPSA) is 120 Å². The number of benzene rings is 2. The number of amides is 3. The molecule has 9 nitrogen and oxygen atoms in total. The van der Waals surface area contributed by atoms with Crippen LogP contribution >= 0.6 is 11.6 Å². The molecule has 1 aliphatic heterocycles. The Kier molecular flexibility index (Phi) is 8.61. The number of hydrogen-bond acceptors (Lipinski definition) is 5. The number of pyridine rings is 1. The maximum atomic E-state index is 13.9. The molecule has 2 unspecified atom stereocenters. The van der Waals surface area contributed by atoms with E-state index in [4.69, 9.17) is 11.6 Å². The third-order valence-corrected chi connectivity index (χ3v) is 6.78. The molecule has 0 aliphatic carbocycles. The van der Waals surface area contributed by atoms with Gasteiger partial charge in [-0.3, -0.25) is 19.2 Å². The molecule has 2 N–H and O–H groups in total. The van der Waals surface area contributed by atoms with Crippen molar-refractivity contribution in [2.45, 2.75) is 38.9 Å². The SMILES string of the molecule is Cc1ccc(C(=O)N2CCCN(C(=O)c3ccc(Cl)nc3)C2C(=O)NC(CC(=O)O)c2cccc(C)c2)cc1. The highest BCUT2D eigenvalue weighted by atomic mass is 35.5. The first-order valence-corrected chi connectivity index (χ1v) is 12.9. The molecule has 0 radical (unpaired) electrons. The fourth-order valence-electron chi connectivity index (χ4n) is 4.62. The van der Waals surface area contributed by atoms with E-state index in [1.807, 2.05) is 19.9 Å². The summed E-state index contributed by atoms with van der Waals surface area (Å²) >= 11 is 5.89. The smallest absolute Gasteiger partial charge is 0.305 e. The maximum absolute atomic E-state index is 13.9. The highest BCUT2D eigenvalue weighted by molar-refractivity contribution is 6.29. The van der Waals surface area contributed by atoms with Gasteiger partial charge in [-0.1, -0.05) is 59.1 Å². The number of carbonyl (C=O) groups excluding carboxylic acids is 3. The second kappa shape index (κ2) is 12.1. The van der Waals surface area contributed by atoms with Gasteiger partial charge < -0.3 is 20.2 Å². The van der Waals surface area contributed by atoms with Crippen LogP contribution in [0.2, 0.25) is 5.15 Å². The highest BCUT2D eigenvalue weighted by Crippen LogP contribution is 2.24. The van der Waals surface area contributed by atoms with Crippen molar-refractivity contribution in [3.05, 3.63) is 99.8 Å². The summed E-state index contributed by atoms with van der Waals surface area (Å²) in [6.07, 6.45) is 0.0881. The molecule has 3 amide bonds. The van der Waals surface area contributed by atoms with Gasteiger partial charge in [-0.2, -0.15) is 0 Å². The Morgan fingerprint density at radius 2 is 1.59 bits per heavy atom. The van der Waals surface area contributed by atoms with Gasteiger partial charge in [-0.25, -0.2) is 4.98 Å². The molecule has 0 spiro atoms. The predicted octanol–water partition coefficient (Wildman–Crippen LogP) is 4.00. The van der Waals surface area contributed by atoms with Crippen molar-refractivity contribution < 1.29 is 24.3 Å². The Labute approximate surface area is 231 Å². The molecule has 2 aromatic carbocycles. The molecule has 202 valence electrons. The Morgan fingerprint density at radius 3 is 2.18 bits per heavy atom. The summed E-state index contributed by atoms with van der Waals surface area (Å²) in [6.45, 7) is 4.22. The van der Waals surface area contributed by atoms with Crippen molar-refractivity contribution in [3.63, 3.8) is 0 Å². The predicted molar refractivity (Wildman–Crippen MR) is 145 cm³/mol. The summed E-state index contributed by atoms with van der Waals surface area (Å²) in [7, 11) is 0. The summed E-state index contributed by atoms with van der Waals surface area (Å²) in [4.78, 5) is 59.5. The molecule has 3 aromatic rings. The first-order valence-electron chi connectivity index (χ1n) is 12.5. The van der Waals surface area contributed by atoms with Crippen LogP contribution in [0.15, 0.2) is 66.9 Å². The molecule has 0 saturated carbocycles. The van der Waals surface area contributed by atoms with E-state index in [0.717, 1.165) is 11.1 Å². The largest absolute Gasteiger partial charge is 0.481 e. The van der Waals surface area contributed by atoms with Gasteiger partial charge in [0.1, 0.15) is 5.15 Å². The van der Waals surface area contributed by atoms with Gasteiger partial charge in [0, 0.05) is 24.8 Å².